The van der Waals surface area contributed by atoms with Crippen molar-refractivity contribution < 1.29 is 162 Å². The van der Waals surface area contributed by atoms with Gasteiger partial charge in [0.15, 0.2) is 0 Å². The highest BCUT2D eigenvalue weighted by molar-refractivity contribution is 7.91. The van der Waals surface area contributed by atoms with E-state index in [1.54, 1.807) is 13.3 Å². The van der Waals surface area contributed by atoms with E-state index in [4.69, 9.17) is 0 Å². The van der Waals surface area contributed by atoms with Crippen LogP contribution < -0.4 is 0 Å². The number of sulfonamides is 1. The molecular weight excluding hydrogens is 954 g/mol. The normalized spacial score (nSPS) is 16.9. The van der Waals surface area contributed by atoms with Crippen LogP contribution in [0.15, 0.2) is 0 Å². The Kier molecular flexibility index (Phi) is 13.4. The molecule has 0 N–H and O–H groups in total. The Balaban J connectivity index is 8.59. The van der Waals surface area contributed by atoms with Crippen LogP contribution in [-0.4, -0.2) is 112 Å². The van der Waals surface area contributed by atoms with E-state index < -0.39 is 120 Å². The Hall–Kier alpha value is -2.23. The van der Waals surface area contributed by atoms with Gasteiger partial charge in [-0.3, -0.25) is 13.3 Å². The predicted molar refractivity (Wildman–Crippen MR) is 104 cm³/mol. The van der Waals surface area contributed by atoms with Crippen LogP contribution in [0.5, 0.6) is 0 Å². The van der Waals surface area contributed by atoms with Gasteiger partial charge in [-0.15, -0.1) is 3.97 Å². The number of hydrogen-bond donors (Lipinski definition) is 0. The second kappa shape index (κ2) is 13.9. The lowest BCUT2D eigenvalue weighted by Crippen LogP contribution is -2.77. The summed E-state index contributed by atoms with van der Waals surface area (Å²) in [5, 5.41) is -9.45. The van der Waals surface area contributed by atoms with E-state index in [1.165, 1.54) is 0 Å². The summed E-state index contributed by atoms with van der Waals surface area (Å²) in [5.74, 6) is -57.3. The predicted octanol–water partition coefficient (Wildman–Crippen LogP) is 9.56. The Bertz CT molecular complexity index is 1440. The van der Waals surface area contributed by atoms with E-state index in [0.717, 1.165) is 0 Å². The largest absolute Gasteiger partial charge is 0.627 e. The van der Waals surface area contributed by atoms with Gasteiger partial charge in [0.05, 0.1) is 0 Å². The minimum atomic E-state index is -10.6. The molecule has 0 aliphatic carbocycles. The third kappa shape index (κ3) is 8.05. The van der Waals surface area contributed by atoms with Crippen LogP contribution in [-0.2, 0) is 23.3 Å². The molecule has 0 saturated carbocycles. The summed E-state index contributed by atoms with van der Waals surface area (Å²) < 4.78 is 455. The summed E-state index contributed by atoms with van der Waals surface area (Å²) >= 11 is 0. The highest BCUT2D eigenvalue weighted by Crippen LogP contribution is 2.65. The quantitative estimate of drug-likeness (QED) is 0.114. The molecule has 0 aromatic rings. The fourth-order valence-corrected chi connectivity index (χ4v) is 7.90. The number of hydrogen-bond acceptors (Lipinski definition) is 5. The summed E-state index contributed by atoms with van der Waals surface area (Å²) in [6.07, 6.45) is -57.6. The number of rotatable bonds is 16. The standard InChI is InChI=1S/C16H5F32NO5SSi/c1-2-49(56(52-13(41,42)10(32,33)34,53-14(43,44)11(35,36)37)54-15(45,46)12(38,39)40)55(50,51)16(47,48)8(27,28)6(23,24)4(19,20)3(17,18)5(21,22)7(25,26)9(29,30)31/h2H2,1H3. The molecule has 0 aromatic carbocycles. The van der Waals surface area contributed by atoms with Gasteiger partial charge in [0.25, 0.3) is 10.0 Å². The second-order valence-electron chi connectivity index (χ2n) is 9.50. The number of halogens is 32. The molecule has 0 aromatic heterocycles. The Morgan fingerprint density at radius 3 is 0.786 bits per heavy atom. The van der Waals surface area contributed by atoms with Crippen molar-refractivity contribution in [2.45, 2.75) is 90.7 Å². The summed E-state index contributed by atoms with van der Waals surface area (Å²) in [4.78, 5) is 0. The van der Waals surface area contributed by atoms with Crippen LogP contribution in [0.3, 0.4) is 0 Å². The summed E-state index contributed by atoms with van der Waals surface area (Å²) in [7, 11) is -20.6. The minimum Gasteiger partial charge on any atom is -0.292 e. The molecule has 0 saturated heterocycles. The summed E-state index contributed by atoms with van der Waals surface area (Å²) in [5.41, 5.74) is 0. The molecule has 0 amide bonds. The zero-order valence-corrected chi connectivity index (χ0v) is 26.0. The third-order valence-corrected chi connectivity index (χ3v) is 11.3. The fraction of sp³-hybridized carbons (Fsp3) is 1.00. The molecule has 0 bridgehead atoms. The number of alkyl halides is 32. The van der Waals surface area contributed by atoms with Crippen molar-refractivity contribution in [1.29, 1.82) is 0 Å². The Morgan fingerprint density at radius 2 is 0.589 bits per heavy atom. The molecule has 0 fully saturated rings. The maximum absolute atomic E-state index is 14.8. The van der Waals surface area contributed by atoms with Crippen LogP contribution in [0, 0.1) is 0 Å². The van der Waals surface area contributed by atoms with E-state index in [-0.39, 0.29) is 0 Å². The van der Waals surface area contributed by atoms with Gasteiger partial charge in [-0.1, -0.05) is 6.92 Å². The van der Waals surface area contributed by atoms with Crippen molar-refractivity contribution >= 4 is 19.0 Å². The smallest absolute Gasteiger partial charge is 0.292 e. The fourth-order valence-electron chi connectivity index (χ4n) is 2.84. The first-order chi connectivity index (χ1) is 23.6. The van der Waals surface area contributed by atoms with Crippen molar-refractivity contribution in [3.8, 4) is 0 Å². The highest BCUT2D eigenvalue weighted by atomic mass is 32.2. The van der Waals surface area contributed by atoms with Crippen molar-refractivity contribution in [2.75, 3.05) is 6.54 Å². The van der Waals surface area contributed by atoms with Crippen LogP contribution in [0.2, 0.25) is 0 Å². The lowest BCUT2D eigenvalue weighted by Gasteiger charge is -2.45. The minimum absolute atomic E-state index is 0.993. The molecule has 0 rings (SSSR count). The van der Waals surface area contributed by atoms with Gasteiger partial charge in [-0.25, -0.2) is 8.42 Å². The Labute approximate surface area is 283 Å². The van der Waals surface area contributed by atoms with Crippen molar-refractivity contribution in [3.05, 3.63) is 0 Å². The average molecular weight is 959 g/mol. The van der Waals surface area contributed by atoms with Gasteiger partial charge in [-0.2, -0.15) is 140 Å². The first-order valence-corrected chi connectivity index (χ1v) is 14.9. The first kappa shape index (κ1) is 53.8. The van der Waals surface area contributed by atoms with Crippen LogP contribution in [0.1, 0.15) is 6.92 Å². The molecule has 40 heteroatoms. The molecule has 0 atom stereocenters. The number of nitrogens with zero attached hydrogens (tertiary/aromatic N) is 1. The zero-order valence-electron chi connectivity index (χ0n) is 24.2. The maximum atomic E-state index is 14.8. The van der Waals surface area contributed by atoms with Crippen LogP contribution in [0.4, 0.5) is 140 Å². The van der Waals surface area contributed by atoms with Gasteiger partial charge in [0, 0.05) is 6.54 Å². The molecule has 338 valence electrons. The lowest BCUT2D eigenvalue weighted by atomic mass is 9.91. The summed E-state index contributed by atoms with van der Waals surface area (Å²) in [6.45, 7) is -4.71. The average Bonchev–Trinajstić information content (AvgIpc) is 2.88. The van der Waals surface area contributed by atoms with E-state index in [2.05, 4.69) is 0 Å². The van der Waals surface area contributed by atoms with E-state index in [1.807, 2.05) is 0 Å². The molecular formula is C16H5F32NO5SSi. The second-order valence-corrected chi connectivity index (χ2v) is 13.9. The van der Waals surface area contributed by atoms with Crippen LogP contribution >= 0.6 is 0 Å². The van der Waals surface area contributed by atoms with Gasteiger partial charge in [0.1, 0.15) is 0 Å². The molecule has 56 heavy (non-hydrogen) atoms. The monoisotopic (exact) mass is 959 g/mol. The zero-order chi connectivity index (χ0) is 46.4. The molecule has 0 aliphatic heterocycles. The lowest BCUT2D eigenvalue weighted by molar-refractivity contribution is -0.458. The van der Waals surface area contributed by atoms with Gasteiger partial charge in [-0.05, 0) is 0 Å². The highest BCUT2D eigenvalue weighted by Gasteiger charge is 2.97. The molecule has 6 nitrogen and oxygen atoms in total. The van der Waals surface area contributed by atoms with Gasteiger partial charge >= 0.3 is 92.8 Å². The topological polar surface area (TPSA) is 65.1 Å². The molecule has 0 aliphatic rings. The Morgan fingerprint density at radius 1 is 0.375 bits per heavy atom. The van der Waals surface area contributed by atoms with E-state index in [0.29, 0.717) is 0 Å². The summed E-state index contributed by atoms with van der Waals surface area (Å²) in [6, 6.07) is 0. The van der Waals surface area contributed by atoms with Gasteiger partial charge in [0.2, 0.25) is 0 Å². The van der Waals surface area contributed by atoms with E-state index in [9.17, 15) is 149 Å². The molecule has 0 heterocycles. The molecule has 0 radical (unpaired) electrons. The van der Waals surface area contributed by atoms with Crippen molar-refractivity contribution in [2.24, 2.45) is 0 Å². The SMILES string of the molecule is CCN([Si](OC(F)(F)C(F)(F)F)(OC(F)(F)C(F)(F)F)OC(F)(F)C(F)(F)F)S(=O)(=O)C(F)(F)C(F)(F)C(F)(F)C(F)(F)C(F)(F)C(F)(F)C(F)(F)C(F)(F)F. The maximum Gasteiger partial charge on any atom is 0.627 e. The molecule has 0 spiro atoms. The third-order valence-electron chi connectivity index (χ3n) is 5.66. The molecule has 0 unspecified atom stereocenters. The van der Waals surface area contributed by atoms with Crippen molar-refractivity contribution in [3.63, 3.8) is 0 Å². The van der Waals surface area contributed by atoms with Crippen molar-refractivity contribution in [1.82, 2.24) is 3.97 Å². The van der Waals surface area contributed by atoms with Gasteiger partial charge < -0.3 is 0 Å². The first-order valence-electron chi connectivity index (χ1n) is 11.7. The van der Waals surface area contributed by atoms with E-state index >= 15 is 0 Å². The van der Waals surface area contributed by atoms with Crippen LogP contribution in [0.25, 0.3) is 0 Å².